The molecule has 2 atom stereocenters. The van der Waals surface area contributed by atoms with Gasteiger partial charge in [0.25, 0.3) is 0 Å². The highest BCUT2D eigenvalue weighted by molar-refractivity contribution is 7.89. The number of benzene rings is 2. The monoisotopic (exact) mass is 440 g/mol. The molecule has 31 heavy (non-hydrogen) atoms. The van der Waals surface area contributed by atoms with Crippen LogP contribution in [0.3, 0.4) is 0 Å². The van der Waals surface area contributed by atoms with Gasteiger partial charge in [0.2, 0.25) is 21.8 Å². The Morgan fingerprint density at radius 2 is 1.48 bits per heavy atom. The molecule has 0 spiro atoms. The van der Waals surface area contributed by atoms with Crippen LogP contribution in [-0.2, 0) is 32.7 Å². The average molecular weight is 441 g/mol. The van der Waals surface area contributed by atoms with Crippen LogP contribution in [0.2, 0.25) is 0 Å². The Morgan fingerprint density at radius 3 is 2.10 bits per heavy atom. The van der Waals surface area contributed by atoms with E-state index >= 15 is 0 Å². The standard InChI is InChI=1S/C24H28N2O4S/c1-16-7-10-18(11-8-16)14-25-31(29,30)22-13-19(12-9-17(22)2)15-26-23(27)20-5-3-4-6-21(20)24(26)28/h7-13,20-21,25H,3-6,14-15H2,1-2H3/t20-,21-/m1/s1. The number of fused-ring (bicyclic) bond motifs is 1. The lowest BCUT2D eigenvalue weighted by Gasteiger charge is -2.19. The first-order chi connectivity index (χ1) is 14.8. The summed E-state index contributed by atoms with van der Waals surface area (Å²) in [5.41, 5.74) is 3.24. The maximum absolute atomic E-state index is 13.0. The van der Waals surface area contributed by atoms with E-state index in [1.165, 1.54) is 4.90 Å². The van der Waals surface area contributed by atoms with Crippen molar-refractivity contribution in [3.8, 4) is 0 Å². The lowest BCUT2D eigenvalue weighted by atomic mass is 9.81. The minimum atomic E-state index is -3.74. The zero-order chi connectivity index (χ0) is 22.2. The van der Waals surface area contributed by atoms with Crippen molar-refractivity contribution in [3.05, 3.63) is 64.7 Å². The summed E-state index contributed by atoms with van der Waals surface area (Å²) in [6, 6.07) is 12.8. The fourth-order valence-electron chi connectivity index (χ4n) is 4.56. The van der Waals surface area contributed by atoms with Crippen LogP contribution >= 0.6 is 0 Å². The summed E-state index contributed by atoms with van der Waals surface area (Å²) in [5, 5.41) is 0. The number of carbonyl (C=O) groups excluding carboxylic acids is 2. The normalized spacial score (nSPS) is 21.4. The molecule has 2 fully saturated rings. The highest BCUT2D eigenvalue weighted by Gasteiger charge is 2.47. The van der Waals surface area contributed by atoms with Crippen molar-refractivity contribution in [3.63, 3.8) is 0 Å². The predicted octanol–water partition coefficient (Wildman–Crippen LogP) is 3.46. The third-order valence-corrected chi connectivity index (χ3v) is 7.95. The molecular formula is C24H28N2O4S. The maximum Gasteiger partial charge on any atom is 0.241 e. The highest BCUT2D eigenvalue weighted by atomic mass is 32.2. The lowest BCUT2D eigenvalue weighted by Crippen LogP contribution is -2.30. The van der Waals surface area contributed by atoms with Crippen LogP contribution in [0.25, 0.3) is 0 Å². The number of carbonyl (C=O) groups is 2. The number of hydrogen-bond acceptors (Lipinski definition) is 4. The van der Waals surface area contributed by atoms with E-state index in [-0.39, 0.29) is 41.6 Å². The van der Waals surface area contributed by atoms with Gasteiger partial charge in [0.1, 0.15) is 0 Å². The van der Waals surface area contributed by atoms with Crippen molar-refractivity contribution < 1.29 is 18.0 Å². The van der Waals surface area contributed by atoms with Gasteiger partial charge in [-0.05, 0) is 49.4 Å². The Bertz CT molecular complexity index is 1080. The Balaban J connectivity index is 1.52. The molecule has 1 aliphatic heterocycles. The SMILES string of the molecule is Cc1ccc(CNS(=O)(=O)c2cc(CN3C(=O)[C@@H]4CCCC[C@H]4C3=O)ccc2C)cc1. The molecule has 2 aliphatic rings. The van der Waals surface area contributed by atoms with Gasteiger partial charge in [-0.1, -0.05) is 54.8 Å². The largest absolute Gasteiger partial charge is 0.278 e. The van der Waals surface area contributed by atoms with E-state index in [1.807, 2.05) is 31.2 Å². The Hall–Kier alpha value is -2.51. The highest BCUT2D eigenvalue weighted by Crippen LogP contribution is 2.38. The Labute approximate surface area is 183 Å². The Kier molecular flexibility index (Phi) is 5.99. The van der Waals surface area contributed by atoms with E-state index in [0.717, 1.165) is 36.8 Å². The van der Waals surface area contributed by atoms with Crippen molar-refractivity contribution in [1.82, 2.24) is 9.62 Å². The number of imide groups is 1. The molecule has 6 nitrogen and oxygen atoms in total. The smallest absolute Gasteiger partial charge is 0.241 e. The molecule has 1 saturated heterocycles. The Morgan fingerprint density at radius 1 is 0.903 bits per heavy atom. The molecular weight excluding hydrogens is 412 g/mol. The summed E-state index contributed by atoms with van der Waals surface area (Å²) in [6.45, 7) is 4.03. The van der Waals surface area contributed by atoms with Gasteiger partial charge < -0.3 is 0 Å². The average Bonchev–Trinajstić information content (AvgIpc) is 2.99. The topological polar surface area (TPSA) is 83.6 Å². The fourth-order valence-corrected chi connectivity index (χ4v) is 5.87. The molecule has 2 aromatic carbocycles. The van der Waals surface area contributed by atoms with Crippen LogP contribution < -0.4 is 4.72 Å². The van der Waals surface area contributed by atoms with Crippen LogP contribution in [0.4, 0.5) is 0 Å². The van der Waals surface area contributed by atoms with Gasteiger partial charge in [0.15, 0.2) is 0 Å². The lowest BCUT2D eigenvalue weighted by molar-refractivity contribution is -0.140. The van der Waals surface area contributed by atoms with Crippen molar-refractivity contribution >= 4 is 21.8 Å². The summed E-state index contributed by atoms with van der Waals surface area (Å²) in [5.74, 6) is -0.633. The van der Waals surface area contributed by atoms with Gasteiger partial charge >= 0.3 is 0 Å². The van der Waals surface area contributed by atoms with Gasteiger partial charge in [-0.3, -0.25) is 14.5 Å². The number of hydrogen-bond donors (Lipinski definition) is 1. The number of amides is 2. The van der Waals surface area contributed by atoms with E-state index in [9.17, 15) is 18.0 Å². The molecule has 2 aromatic rings. The molecule has 1 N–H and O–H groups in total. The minimum absolute atomic E-state index is 0.114. The molecule has 1 aliphatic carbocycles. The maximum atomic E-state index is 13.0. The van der Waals surface area contributed by atoms with Crippen LogP contribution in [0, 0.1) is 25.7 Å². The molecule has 1 heterocycles. The molecule has 0 bridgehead atoms. The molecule has 0 unspecified atom stereocenters. The van der Waals surface area contributed by atoms with E-state index < -0.39 is 10.0 Å². The van der Waals surface area contributed by atoms with Crippen LogP contribution in [-0.4, -0.2) is 25.1 Å². The van der Waals surface area contributed by atoms with Gasteiger partial charge in [-0.25, -0.2) is 13.1 Å². The third kappa shape index (κ3) is 4.43. The van der Waals surface area contributed by atoms with Gasteiger partial charge in [0, 0.05) is 6.54 Å². The van der Waals surface area contributed by atoms with E-state index in [4.69, 9.17) is 0 Å². The molecule has 2 amide bonds. The zero-order valence-corrected chi connectivity index (χ0v) is 18.7. The summed E-state index contributed by atoms with van der Waals surface area (Å²) >= 11 is 0. The molecule has 7 heteroatoms. The van der Waals surface area contributed by atoms with E-state index in [1.54, 1.807) is 25.1 Å². The summed E-state index contributed by atoms with van der Waals surface area (Å²) in [6.07, 6.45) is 3.49. The second kappa shape index (κ2) is 8.55. The number of nitrogens with zero attached hydrogens (tertiary/aromatic N) is 1. The van der Waals surface area contributed by atoms with Gasteiger partial charge in [-0.2, -0.15) is 0 Å². The molecule has 0 aromatic heterocycles. The summed E-state index contributed by atoms with van der Waals surface area (Å²) in [7, 11) is -3.74. The molecule has 4 rings (SSSR count). The van der Waals surface area contributed by atoms with Crippen molar-refractivity contribution in [2.45, 2.75) is 57.5 Å². The van der Waals surface area contributed by atoms with E-state index in [0.29, 0.717) is 11.1 Å². The molecule has 164 valence electrons. The van der Waals surface area contributed by atoms with Crippen molar-refractivity contribution in [2.75, 3.05) is 0 Å². The third-order valence-electron chi connectivity index (χ3n) is 6.40. The second-order valence-electron chi connectivity index (χ2n) is 8.67. The van der Waals surface area contributed by atoms with Gasteiger partial charge in [0.05, 0.1) is 23.3 Å². The quantitative estimate of drug-likeness (QED) is 0.698. The first-order valence-corrected chi connectivity index (χ1v) is 12.2. The summed E-state index contributed by atoms with van der Waals surface area (Å²) in [4.78, 5) is 27.0. The fraction of sp³-hybridized carbons (Fsp3) is 0.417. The number of aryl methyl sites for hydroxylation is 2. The number of rotatable bonds is 6. The van der Waals surface area contributed by atoms with Crippen molar-refractivity contribution in [1.29, 1.82) is 0 Å². The van der Waals surface area contributed by atoms with Crippen LogP contribution in [0.5, 0.6) is 0 Å². The number of likely N-dealkylation sites (tertiary alicyclic amines) is 1. The second-order valence-corrected chi connectivity index (χ2v) is 10.4. The number of sulfonamides is 1. The first-order valence-electron chi connectivity index (χ1n) is 10.8. The molecule has 1 saturated carbocycles. The van der Waals surface area contributed by atoms with E-state index in [2.05, 4.69) is 4.72 Å². The summed E-state index contributed by atoms with van der Waals surface area (Å²) < 4.78 is 28.6. The molecule has 0 radical (unpaired) electrons. The first kappa shape index (κ1) is 21.7. The van der Waals surface area contributed by atoms with Gasteiger partial charge in [-0.15, -0.1) is 0 Å². The van der Waals surface area contributed by atoms with Crippen LogP contribution in [0.15, 0.2) is 47.4 Å². The minimum Gasteiger partial charge on any atom is -0.278 e. The van der Waals surface area contributed by atoms with Crippen molar-refractivity contribution in [2.24, 2.45) is 11.8 Å². The predicted molar refractivity (Wildman–Crippen MR) is 117 cm³/mol. The van der Waals surface area contributed by atoms with Crippen LogP contribution in [0.1, 0.15) is 47.9 Å². The zero-order valence-electron chi connectivity index (χ0n) is 17.9. The number of nitrogens with one attached hydrogen (secondary N) is 1.